The number of para-hydroxylation sites is 1. The summed E-state index contributed by atoms with van der Waals surface area (Å²) in [5.74, 6) is -0.952. The van der Waals surface area contributed by atoms with Gasteiger partial charge in [-0.25, -0.2) is 0 Å². The maximum Gasteiger partial charge on any atom is 0.232 e. The van der Waals surface area contributed by atoms with Gasteiger partial charge in [0.2, 0.25) is 11.8 Å². The zero-order valence-electron chi connectivity index (χ0n) is 12.6. The Balaban J connectivity index is 1.81. The minimum absolute atomic E-state index is 0.0271. The van der Waals surface area contributed by atoms with Crippen LogP contribution in [0.1, 0.15) is 35.2 Å². The normalized spacial score (nSPS) is 16.2. The van der Waals surface area contributed by atoms with Crippen LogP contribution in [0.3, 0.4) is 0 Å². The molecule has 1 heterocycles. The van der Waals surface area contributed by atoms with Gasteiger partial charge in [-0.2, -0.15) is 0 Å². The molecular formula is C18H16N2O3. The molecule has 0 bridgehead atoms. The molecule has 23 heavy (non-hydrogen) atoms. The van der Waals surface area contributed by atoms with Crippen molar-refractivity contribution in [3.63, 3.8) is 0 Å². The van der Waals surface area contributed by atoms with Gasteiger partial charge in [-0.3, -0.25) is 14.4 Å². The molecule has 0 fully saturated rings. The molecule has 0 spiro atoms. The van der Waals surface area contributed by atoms with E-state index in [0.29, 0.717) is 16.9 Å². The lowest BCUT2D eigenvalue weighted by Crippen LogP contribution is -2.30. The van der Waals surface area contributed by atoms with Crippen molar-refractivity contribution in [2.75, 3.05) is 10.6 Å². The molecule has 0 aliphatic carbocycles. The van der Waals surface area contributed by atoms with E-state index in [2.05, 4.69) is 10.6 Å². The fourth-order valence-corrected chi connectivity index (χ4v) is 2.66. The van der Waals surface area contributed by atoms with Crippen molar-refractivity contribution in [2.45, 2.75) is 19.3 Å². The number of nitrogens with one attached hydrogen (secondary N) is 2. The lowest BCUT2D eigenvalue weighted by Gasteiger charge is -2.24. The highest BCUT2D eigenvalue weighted by Gasteiger charge is 2.30. The van der Waals surface area contributed by atoms with Gasteiger partial charge in [0.25, 0.3) is 0 Å². The third kappa shape index (κ3) is 3.13. The van der Waals surface area contributed by atoms with Gasteiger partial charge in [0.1, 0.15) is 0 Å². The summed E-state index contributed by atoms with van der Waals surface area (Å²) in [6.07, 6.45) is 0.119. The fourth-order valence-electron chi connectivity index (χ4n) is 2.66. The van der Waals surface area contributed by atoms with Crippen LogP contribution in [-0.2, 0) is 9.59 Å². The number of carbonyl (C=O) groups excluding carboxylic acids is 3. The Labute approximate surface area is 133 Å². The zero-order valence-corrected chi connectivity index (χ0v) is 12.6. The Kier molecular flexibility index (Phi) is 3.93. The fraction of sp³-hybridized carbons (Fsp3) is 0.167. The van der Waals surface area contributed by atoms with Gasteiger partial charge in [-0.05, 0) is 42.8 Å². The Morgan fingerprint density at radius 3 is 2.48 bits per heavy atom. The largest absolute Gasteiger partial charge is 0.326 e. The average molecular weight is 308 g/mol. The van der Waals surface area contributed by atoms with E-state index in [1.165, 1.54) is 6.92 Å². The molecule has 1 aliphatic rings. The number of carbonyl (C=O) groups is 3. The van der Waals surface area contributed by atoms with E-state index in [4.69, 9.17) is 0 Å². The minimum Gasteiger partial charge on any atom is -0.326 e. The van der Waals surface area contributed by atoms with E-state index in [0.717, 1.165) is 5.56 Å². The predicted octanol–water partition coefficient (Wildman–Crippen LogP) is 2.95. The Hall–Kier alpha value is -2.95. The number of Topliss-reactive ketones (excluding diaryl/α,β-unsaturated/α-hetero) is 1. The van der Waals surface area contributed by atoms with Gasteiger partial charge < -0.3 is 10.6 Å². The Morgan fingerprint density at radius 1 is 1.09 bits per heavy atom. The second-order valence-electron chi connectivity index (χ2n) is 5.51. The summed E-state index contributed by atoms with van der Waals surface area (Å²) < 4.78 is 0. The van der Waals surface area contributed by atoms with Crippen LogP contribution in [0.25, 0.3) is 0 Å². The molecule has 1 aliphatic heterocycles. The van der Waals surface area contributed by atoms with E-state index in [1.807, 2.05) is 18.2 Å². The van der Waals surface area contributed by atoms with E-state index in [1.54, 1.807) is 30.3 Å². The Bertz CT molecular complexity index is 781. The first kappa shape index (κ1) is 15.0. The van der Waals surface area contributed by atoms with Crippen molar-refractivity contribution in [2.24, 2.45) is 0 Å². The first-order chi connectivity index (χ1) is 11.0. The summed E-state index contributed by atoms with van der Waals surface area (Å²) in [4.78, 5) is 35.6. The second kappa shape index (κ2) is 6.04. The number of hydrogen-bond acceptors (Lipinski definition) is 3. The number of anilines is 2. The topological polar surface area (TPSA) is 75.3 Å². The van der Waals surface area contributed by atoms with Crippen molar-refractivity contribution in [3.05, 3.63) is 59.7 Å². The van der Waals surface area contributed by atoms with Crippen molar-refractivity contribution in [1.82, 2.24) is 0 Å². The van der Waals surface area contributed by atoms with Crippen LogP contribution in [0.2, 0.25) is 0 Å². The zero-order chi connectivity index (χ0) is 16.4. The van der Waals surface area contributed by atoms with Gasteiger partial charge in [-0.1, -0.05) is 18.2 Å². The monoisotopic (exact) mass is 308 g/mol. The van der Waals surface area contributed by atoms with Crippen molar-refractivity contribution in [3.8, 4) is 0 Å². The van der Waals surface area contributed by atoms with Gasteiger partial charge in [0, 0.05) is 23.4 Å². The predicted molar refractivity (Wildman–Crippen MR) is 87.5 cm³/mol. The summed E-state index contributed by atoms with van der Waals surface area (Å²) in [5.41, 5.74) is 2.68. The Morgan fingerprint density at radius 2 is 1.78 bits per heavy atom. The van der Waals surface area contributed by atoms with Crippen molar-refractivity contribution >= 4 is 29.0 Å². The summed E-state index contributed by atoms with van der Waals surface area (Å²) >= 11 is 0. The number of hydrogen-bond donors (Lipinski definition) is 2. The highest BCUT2D eigenvalue weighted by Crippen LogP contribution is 2.32. The minimum atomic E-state index is -0.521. The maximum atomic E-state index is 12.5. The van der Waals surface area contributed by atoms with E-state index in [-0.39, 0.29) is 24.0 Å². The summed E-state index contributed by atoms with van der Waals surface area (Å²) in [7, 11) is 0. The van der Waals surface area contributed by atoms with Crippen LogP contribution in [0, 0.1) is 0 Å². The molecule has 2 amide bonds. The molecular weight excluding hydrogens is 292 g/mol. The third-order valence-electron chi connectivity index (χ3n) is 3.88. The highest BCUT2D eigenvalue weighted by molar-refractivity contribution is 6.05. The molecule has 2 aromatic rings. The standard InChI is InChI=1S/C18H16N2O3/c1-11(21)12-6-8-13(9-7-12)19-18(23)15-10-17(22)20-16-5-3-2-4-14(15)16/h2-9,15H,10H2,1H3,(H,19,23)(H,20,22). The van der Waals surface area contributed by atoms with Gasteiger partial charge in [0.05, 0.1) is 5.92 Å². The molecule has 5 heteroatoms. The number of benzene rings is 2. The molecule has 2 N–H and O–H groups in total. The van der Waals surface area contributed by atoms with Crippen LogP contribution in [-0.4, -0.2) is 17.6 Å². The molecule has 1 unspecified atom stereocenters. The van der Waals surface area contributed by atoms with E-state index in [9.17, 15) is 14.4 Å². The van der Waals surface area contributed by atoms with E-state index >= 15 is 0 Å². The summed E-state index contributed by atoms with van der Waals surface area (Å²) in [6.45, 7) is 1.49. The molecule has 5 nitrogen and oxygen atoms in total. The first-order valence-corrected chi connectivity index (χ1v) is 7.35. The summed E-state index contributed by atoms with van der Waals surface area (Å²) in [6, 6.07) is 14.0. The molecule has 0 saturated carbocycles. The molecule has 116 valence electrons. The van der Waals surface area contributed by atoms with Crippen LogP contribution in [0.4, 0.5) is 11.4 Å². The van der Waals surface area contributed by atoms with Crippen LogP contribution in [0.5, 0.6) is 0 Å². The van der Waals surface area contributed by atoms with Crippen LogP contribution < -0.4 is 10.6 Å². The highest BCUT2D eigenvalue weighted by atomic mass is 16.2. The van der Waals surface area contributed by atoms with Crippen molar-refractivity contribution in [1.29, 1.82) is 0 Å². The smallest absolute Gasteiger partial charge is 0.232 e. The average Bonchev–Trinajstić information content (AvgIpc) is 2.54. The van der Waals surface area contributed by atoms with Crippen LogP contribution in [0.15, 0.2) is 48.5 Å². The van der Waals surface area contributed by atoms with Gasteiger partial charge >= 0.3 is 0 Å². The molecule has 0 aromatic heterocycles. The number of ketones is 1. The SMILES string of the molecule is CC(=O)c1ccc(NC(=O)C2CC(=O)Nc3ccccc32)cc1. The summed E-state index contributed by atoms with van der Waals surface area (Å²) in [5, 5.41) is 5.58. The van der Waals surface area contributed by atoms with Crippen molar-refractivity contribution < 1.29 is 14.4 Å². The van der Waals surface area contributed by atoms with Gasteiger partial charge in [0.15, 0.2) is 5.78 Å². The number of fused-ring (bicyclic) bond motifs is 1. The quantitative estimate of drug-likeness (QED) is 0.856. The lowest BCUT2D eigenvalue weighted by molar-refractivity contribution is -0.123. The molecule has 0 radical (unpaired) electrons. The number of amides is 2. The third-order valence-corrected chi connectivity index (χ3v) is 3.88. The molecule has 0 saturated heterocycles. The molecule has 2 aromatic carbocycles. The first-order valence-electron chi connectivity index (χ1n) is 7.35. The van der Waals surface area contributed by atoms with E-state index < -0.39 is 5.92 Å². The molecule has 3 rings (SSSR count). The second-order valence-corrected chi connectivity index (χ2v) is 5.51. The lowest BCUT2D eigenvalue weighted by atomic mass is 9.90. The maximum absolute atomic E-state index is 12.5. The number of rotatable bonds is 3. The van der Waals surface area contributed by atoms with Crippen LogP contribution >= 0.6 is 0 Å². The van der Waals surface area contributed by atoms with Gasteiger partial charge in [-0.15, -0.1) is 0 Å². The molecule has 1 atom stereocenters.